The van der Waals surface area contributed by atoms with E-state index in [0.29, 0.717) is 17.2 Å². The molecule has 0 aliphatic rings. The monoisotopic (exact) mass is 315 g/mol. The Balaban J connectivity index is 1.95. The van der Waals surface area contributed by atoms with Crippen molar-refractivity contribution in [3.8, 4) is 11.5 Å². The molecule has 6 nitrogen and oxygen atoms in total. The molecule has 0 unspecified atom stereocenters. The number of carbonyl (C=O) groups excluding carboxylic acids is 2. The SMILES string of the molecule is COC(=O)c1ccccc1OCC(=O)Nc1ccc(OC)cc1. The number of benzene rings is 2. The van der Waals surface area contributed by atoms with Gasteiger partial charge in [-0.1, -0.05) is 12.1 Å². The first-order valence-corrected chi connectivity index (χ1v) is 6.88. The van der Waals surface area contributed by atoms with Gasteiger partial charge in [0, 0.05) is 5.69 Å². The Labute approximate surface area is 134 Å². The van der Waals surface area contributed by atoms with Crippen LogP contribution < -0.4 is 14.8 Å². The van der Waals surface area contributed by atoms with Crippen LogP contribution in [0.3, 0.4) is 0 Å². The number of para-hydroxylation sites is 1. The Morgan fingerprint density at radius 2 is 1.70 bits per heavy atom. The minimum atomic E-state index is -0.517. The molecule has 0 spiro atoms. The number of amides is 1. The normalized spacial score (nSPS) is 9.83. The number of esters is 1. The van der Waals surface area contributed by atoms with E-state index in [-0.39, 0.29) is 18.1 Å². The fourth-order valence-electron chi connectivity index (χ4n) is 1.89. The number of rotatable bonds is 6. The molecule has 23 heavy (non-hydrogen) atoms. The highest BCUT2D eigenvalue weighted by Crippen LogP contribution is 2.19. The van der Waals surface area contributed by atoms with Gasteiger partial charge in [-0.05, 0) is 36.4 Å². The molecular formula is C17H17NO5. The van der Waals surface area contributed by atoms with E-state index in [1.807, 2.05) is 0 Å². The molecule has 0 heterocycles. The molecule has 0 atom stereocenters. The van der Waals surface area contributed by atoms with Crippen molar-refractivity contribution in [1.29, 1.82) is 0 Å². The summed E-state index contributed by atoms with van der Waals surface area (Å²) in [6.07, 6.45) is 0. The van der Waals surface area contributed by atoms with E-state index in [2.05, 4.69) is 10.1 Å². The third-order valence-corrected chi connectivity index (χ3v) is 3.02. The van der Waals surface area contributed by atoms with Gasteiger partial charge in [0.2, 0.25) is 0 Å². The van der Waals surface area contributed by atoms with Gasteiger partial charge in [0.15, 0.2) is 6.61 Å². The summed E-state index contributed by atoms with van der Waals surface area (Å²) in [7, 11) is 2.86. The lowest BCUT2D eigenvalue weighted by Crippen LogP contribution is -2.21. The highest BCUT2D eigenvalue weighted by molar-refractivity contribution is 5.94. The van der Waals surface area contributed by atoms with Crippen LogP contribution in [0.1, 0.15) is 10.4 Å². The first-order valence-electron chi connectivity index (χ1n) is 6.88. The van der Waals surface area contributed by atoms with Gasteiger partial charge in [-0.3, -0.25) is 4.79 Å². The van der Waals surface area contributed by atoms with E-state index in [0.717, 1.165) is 0 Å². The maximum absolute atomic E-state index is 11.9. The molecule has 0 bridgehead atoms. The number of hydrogen-bond acceptors (Lipinski definition) is 5. The molecule has 2 rings (SSSR count). The molecule has 1 amide bonds. The zero-order valence-electron chi connectivity index (χ0n) is 12.9. The second-order valence-corrected chi connectivity index (χ2v) is 4.55. The van der Waals surface area contributed by atoms with Crippen LogP contribution in [0.4, 0.5) is 5.69 Å². The molecule has 2 aromatic carbocycles. The number of ether oxygens (including phenoxy) is 3. The summed E-state index contributed by atoms with van der Waals surface area (Å²) < 4.78 is 15.1. The van der Waals surface area contributed by atoms with Crippen LogP contribution in [-0.4, -0.2) is 32.7 Å². The fourth-order valence-corrected chi connectivity index (χ4v) is 1.89. The smallest absolute Gasteiger partial charge is 0.341 e. The van der Waals surface area contributed by atoms with Gasteiger partial charge in [0.1, 0.15) is 17.1 Å². The Hall–Kier alpha value is -3.02. The Morgan fingerprint density at radius 1 is 1.00 bits per heavy atom. The predicted octanol–water partition coefficient (Wildman–Crippen LogP) is 2.50. The topological polar surface area (TPSA) is 73.9 Å². The van der Waals surface area contributed by atoms with E-state index in [9.17, 15) is 9.59 Å². The standard InChI is InChI=1S/C17H17NO5/c1-21-13-9-7-12(8-10-13)18-16(19)11-23-15-6-4-3-5-14(15)17(20)22-2/h3-10H,11H2,1-2H3,(H,18,19). The summed E-state index contributed by atoms with van der Waals surface area (Å²) in [4.78, 5) is 23.5. The van der Waals surface area contributed by atoms with Gasteiger partial charge in [-0.2, -0.15) is 0 Å². The summed E-state index contributed by atoms with van der Waals surface area (Å²) >= 11 is 0. The van der Waals surface area contributed by atoms with Crippen molar-refractivity contribution in [3.05, 3.63) is 54.1 Å². The molecule has 0 saturated heterocycles. The Bertz CT molecular complexity index is 682. The first kappa shape index (κ1) is 16.4. The molecule has 1 N–H and O–H groups in total. The summed E-state index contributed by atoms with van der Waals surface area (Å²) in [6.45, 7) is -0.222. The molecule has 120 valence electrons. The molecule has 0 aromatic heterocycles. The van der Waals surface area contributed by atoms with Gasteiger partial charge in [-0.15, -0.1) is 0 Å². The van der Waals surface area contributed by atoms with Crippen molar-refractivity contribution in [2.45, 2.75) is 0 Å². The highest BCUT2D eigenvalue weighted by Gasteiger charge is 2.13. The molecule has 0 saturated carbocycles. The maximum Gasteiger partial charge on any atom is 0.341 e. The van der Waals surface area contributed by atoms with Crippen LogP contribution >= 0.6 is 0 Å². The molecule has 0 fully saturated rings. The molecule has 0 aliphatic heterocycles. The molecule has 6 heteroatoms. The Morgan fingerprint density at radius 3 is 2.35 bits per heavy atom. The zero-order chi connectivity index (χ0) is 16.7. The second kappa shape index (κ2) is 7.84. The second-order valence-electron chi connectivity index (χ2n) is 4.55. The lowest BCUT2D eigenvalue weighted by Gasteiger charge is -2.10. The number of hydrogen-bond donors (Lipinski definition) is 1. The zero-order valence-corrected chi connectivity index (χ0v) is 12.9. The van der Waals surface area contributed by atoms with Crippen LogP contribution in [0, 0.1) is 0 Å². The average Bonchev–Trinajstić information content (AvgIpc) is 2.60. The maximum atomic E-state index is 11.9. The third kappa shape index (κ3) is 4.47. The van der Waals surface area contributed by atoms with Gasteiger partial charge in [0.05, 0.1) is 14.2 Å². The van der Waals surface area contributed by atoms with E-state index < -0.39 is 5.97 Å². The van der Waals surface area contributed by atoms with E-state index in [4.69, 9.17) is 9.47 Å². The van der Waals surface area contributed by atoms with E-state index in [1.165, 1.54) is 7.11 Å². The van der Waals surface area contributed by atoms with Crippen LogP contribution in [0.25, 0.3) is 0 Å². The van der Waals surface area contributed by atoms with Gasteiger partial charge in [-0.25, -0.2) is 4.79 Å². The van der Waals surface area contributed by atoms with E-state index in [1.54, 1.807) is 55.6 Å². The summed E-state index contributed by atoms with van der Waals surface area (Å²) in [5, 5.41) is 2.69. The third-order valence-electron chi connectivity index (χ3n) is 3.02. The number of nitrogens with one attached hydrogen (secondary N) is 1. The van der Waals surface area contributed by atoms with Crippen molar-refractivity contribution in [2.75, 3.05) is 26.1 Å². The van der Waals surface area contributed by atoms with Gasteiger partial charge < -0.3 is 19.5 Å². The molecule has 0 radical (unpaired) electrons. The minimum absolute atomic E-state index is 0.222. The Kier molecular flexibility index (Phi) is 5.57. The highest BCUT2D eigenvalue weighted by atomic mass is 16.5. The first-order chi connectivity index (χ1) is 11.1. The quantitative estimate of drug-likeness (QED) is 0.829. The predicted molar refractivity (Wildman–Crippen MR) is 84.9 cm³/mol. The van der Waals surface area contributed by atoms with Crippen LogP contribution in [0.5, 0.6) is 11.5 Å². The van der Waals surface area contributed by atoms with Crippen LogP contribution in [0.2, 0.25) is 0 Å². The molecule has 2 aromatic rings. The summed E-state index contributed by atoms with van der Waals surface area (Å²) in [5.41, 5.74) is 0.896. The summed E-state index contributed by atoms with van der Waals surface area (Å²) in [5.74, 6) is 0.140. The molecule has 0 aliphatic carbocycles. The van der Waals surface area contributed by atoms with Crippen molar-refractivity contribution >= 4 is 17.6 Å². The lowest BCUT2D eigenvalue weighted by atomic mass is 10.2. The number of methoxy groups -OCH3 is 2. The summed E-state index contributed by atoms with van der Waals surface area (Å²) in [6, 6.07) is 13.5. The molecular weight excluding hydrogens is 298 g/mol. The van der Waals surface area contributed by atoms with Crippen molar-refractivity contribution < 1.29 is 23.8 Å². The fraction of sp³-hybridized carbons (Fsp3) is 0.176. The number of carbonyl (C=O) groups is 2. The van der Waals surface area contributed by atoms with Gasteiger partial charge >= 0.3 is 5.97 Å². The van der Waals surface area contributed by atoms with Crippen molar-refractivity contribution in [2.24, 2.45) is 0 Å². The minimum Gasteiger partial charge on any atom is -0.497 e. The van der Waals surface area contributed by atoms with Crippen LogP contribution in [-0.2, 0) is 9.53 Å². The van der Waals surface area contributed by atoms with Crippen LogP contribution in [0.15, 0.2) is 48.5 Å². The lowest BCUT2D eigenvalue weighted by molar-refractivity contribution is -0.118. The van der Waals surface area contributed by atoms with Crippen molar-refractivity contribution in [3.63, 3.8) is 0 Å². The number of anilines is 1. The average molecular weight is 315 g/mol. The van der Waals surface area contributed by atoms with E-state index >= 15 is 0 Å². The van der Waals surface area contributed by atoms with Crippen molar-refractivity contribution in [1.82, 2.24) is 0 Å². The largest absolute Gasteiger partial charge is 0.497 e. The van der Waals surface area contributed by atoms with Gasteiger partial charge in [0.25, 0.3) is 5.91 Å².